The number of amides is 3. The fourth-order valence-electron chi connectivity index (χ4n) is 3.62. The maximum Gasteiger partial charge on any atom is 0.294 e. The largest absolute Gasteiger partial charge is 0.489 e. The Hall–Kier alpha value is -3.13. The lowest BCUT2D eigenvalue weighted by atomic mass is 10.1. The molecule has 2 aromatic carbocycles. The monoisotopic (exact) mass is 454 g/mol. The van der Waals surface area contributed by atoms with Crippen LogP contribution >= 0.6 is 11.8 Å². The smallest absolute Gasteiger partial charge is 0.294 e. The first-order valence-corrected chi connectivity index (χ1v) is 11.3. The van der Waals surface area contributed by atoms with Crippen LogP contribution in [-0.4, -0.2) is 46.5 Å². The van der Waals surface area contributed by atoms with E-state index in [1.807, 2.05) is 0 Å². The Balaban J connectivity index is 1.36. The lowest BCUT2D eigenvalue weighted by molar-refractivity contribution is -0.136. The Bertz CT molecular complexity index is 1050. The second kappa shape index (κ2) is 9.99. The number of ether oxygens (including phenoxy) is 1. The molecule has 3 amide bonds. The number of piperidine rings is 1. The maximum absolute atomic E-state index is 13.3. The molecule has 0 atom stereocenters. The summed E-state index contributed by atoms with van der Waals surface area (Å²) in [5.74, 6) is -0.343. The topological polar surface area (TPSA) is 66.9 Å². The summed E-state index contributed by atoms with van der Waals surface area (Å²) in [6.45, 7) is 1.38. The van der Waals surface area contributed by atoms with E-state index in [0.717, 1.165) is 47.1 Å². The molecule has 2 saturated heterocycles. The lowest BCUT2D eigenvalue weighted by Gasteiger charge is -2.27. The van der Waals surface area contributed by atoms with Crippen LogP contribution in [0.5, 0.6) is 5.75 Å². The first-order chi connectivity index (χ1) is 15.5. The van der Waals surface area contributed by atoms with Crippen molar-refractivity contribution >= 4 is 34.9 Å². The molecule has 2 heterocycles. The summed E-state index contributed by atoms with van der Waals surface area (Å²) in [4.78, 5) is 40.5. The van der Waals surface area contributed by atoms with Crippen molar-refractivity contribution < 1.29 is 23.5 Å². The number of rotatable bonds is 6. The quantitative estimate of drug-likeness (QED) is 0.603. The van der Waals surface area contributed by atoms with Gasteiger partial charge in [0.05, 0.1) is 4.91 Å². The highest BCUT2D eigenvalue weighted by molar-refractivity contribution is 8.18. The van der Waals surface area contributed by atoms with Crippen LogP contribution in [0.25, 0.3) is 6.08 Å². The standard InChI is InChI=1S/C24H23FN2O4S/c25-19-6-4-5-18(13-19)16-31-20-9-7-17(8-10-20)14-21-23(29)27(24(30)32-21)15-22(28)26-11-2-1-3-12-26/h4-10,13-14H,1-3,11-12,15-16H2/b21-14-. The predicted molar refractivity (Wildman–Crippen MR) is 120 cm³/mol. The number of benzene rings is 2. The minimum absolute atomic E-state index is 0.187. The van der Waals surface area contributed by atoms with Gasteiger partial charge in [-0.05, 0) is 72.5 Å². The average Bonchev–Trinajstić information content (AvgIpc) is 3.06. The summed E-state index contributed by atoms with van der Waals surface area (Å²) in [6, 6.07) is 13.2. The molecule has 0 N–H and O–H groups in total. The van der Waals surface area contributed by atoms with Crippen LogP contribution in [0.15, 0.2) is 53.4 Å². The molecule has 0 aliphatic carbocycles. The van der Waals surface area contributed by atoms with Gasteiger partial charge in [0.1, 0.15) is 24.7 Å². The van der Waals surface area contributed by atoms with Crippen molar-refractivity contribution in [3.8, 4) is 5.75 Å². The van der Waals surface area contributed by atoms with Crippen molar-refractivity contribution in [1.82, 2.24) is 9.80 Å². The molecule has 166 valence electrons. The normalized spacial score (nSPS) is 17.8. The van der Waals surface area contributed by atoms with Gasteiger partial charge in [-0.25, -0.2) is 4.39 Å². The molecule has 6 nitrogen and oxygen atoms in total. The molecule has 0 aromatic heterocycles. The number of carbonyl (C=O) groups excluding carboxylic acids is 3. The Morgan fingerprint density at radius 1 is 1.06 bits per heavy atom. The second-order valence-corrected chi connectivity index (χ2v) is 8.69. The van der Waals surface area contributed by atoms with E-state index >= 15 is 0 Å². The van der Waals surface area contributed by atoms with Crippen molar-refractivity contribution in [2.75, 3.05) is 19.6 Å². The molecule has 0 saturated carbocycles. The highest BCUT2D eigenvalue weighted by atomic mass is 32.2. The van der Waals surface area contributed by atoms with Gasteiger partial charge >= 0.3 is 0 Å². The first kappa shape index (κ1) is 22.1. The molecular formula is C24H23FN2O4S. The molecule has 0 radical (unpaired) electrons. The third-order valence-electron chi connectivity index (χ3n) is 5.35. The van der Waals surface area contributed by atoms with Crippen LogP contribution in [0, 0.1) is 5.82 Å². The maximum atomic E-state index is 13.3. The first-order valence-electron chi connectivity index (χ1n) is 10.5. The molecule has 0 spiro atoms. The zero-order valence-corrected chi connectivity index (χ0v) is 18.3. The third kappa shape index (κ3) is 5.37. The fraction of sp³-hybridized carbons (Fsp3) is 0.292. The van der Waals surface area contributed by atoms with Gasteiger partial charge in [0.25, 0.3) is 11.1 Å². The van der Waals surface area contributed by atoms with Crippen molar-refractivity contribution in [3.63, 3.8) is 0 Å². The van der Waals surface area contributed by atoms with E-state index in [1.165, 1.54) is 12.1 Å². The number of imide groups is 1. The number of nitrogens with zero attached hydrogens (tertiary/aromatic N) is 2. The Morgan fingerprint density at radius 3 is 2.53 bits per heavy atom. The third-order valence-corrected chi connectivity index (χ3v) is 6.26. The summed E-state index contributed by atoms with van der Waals surface area (Å²) in [5, 5.41) is -0.429. The number of hydrogen-bond donors (Lipinski definition) is 0. The average molecular weight is 455 g/mol. The van der Waals surface area contributed by atoms with Gasteiger partial charge in [-0.15, -0.1) is 0 Å². The van der Waals surface area contributed by atoms with Crippen molar-refractivity contribution in [3.05, 3.63) is 70.4 Å². The molecule has 2 aromatic rings. The van der Waals surface area contributed by atoms with Crippen molar-refractivity contribution in [1.29, 1.82) is 0 Å². The van der Waals surface area contributed by atoms with Crippen LogP contribution in [-0.2, 0) is 16.2 Å². The zero-order chi connectivity index (χ0) is 22.5. The van der Waals surface area contributed by atoms with Crippen LogP contribution < -0.4 is 4.74 Å². The van der Waals surface area contributed by atoms with Gasteiger partial charge in [0.2, 0.25) is 5.91 Å². The van der Waals surface area contributed by atoms with Gasteiger partial charge in [-0.3, -0.25) is 19.3 Å². The summed E-state index contributed by atoms with van der Waals surface area (Å²) < 4.78 is 18.9. The van der Waals surface area contributed by atoms with Gasteiger partial charge in [-0.2, -0.15) is 0 Å². The minimum Gasteiger partial charge on any atom is -0.489 e. The van der Waals surface area contributed by atoms with Crippen LogP contribution in [0.2, 0.25) is 0 Å². The molecule has 32 heavy (non-hydrogen) atoms. The fourth-order valence-corrected chi connectivity index (χ4v) is 4.46. The van der Waals surface area contributed by atoms with Crippen LogP contribution in [0.4, 0.5) is 9.18 Å². The van der Waals surface area contributed by atoms with Crippen LogP contribution in [0.1, 0.15) is 30.4 Å². The SMILES string of the molecule is O=C(CN1C(=O)S/C(=C\c2ccc(OCc3cccc(F)c3)cc2)C1=O)N1CCCCC1. The van der Waals surface area contributed by atoms with Gasteiger partial charge in [0.15, 0.2) is 0 Å². The lowest BCUT2D eigenvalue weighted by Crippen LogP contribution is -2.44. The number of thioether (sulfide) groups is 1. The Kier molecular flexibility index (Phi) is 6.90. The molecule has 2 fully saturated rings. The molecule has 0 unspecified atom stereocenters. The highest BCUT2D eigenvalue weighted by Gasteiger charge is 2.37. The summed E-state index contributed by atoms with van der Waals surface area (Å²) in [5.41, 5.74) is 1.46. The predicted octanol–water partition coefficient (Wildman–Crippen LogP) is 4.45. The zero-order valence-electron chi connectivity index (χ0n) is 17.5. The molecule has 2 aliphatic heterocycles. The molecule has 8 heteroatoms. The highest BCUT2D eigenvalue weighted by Crippen LogP contribution is 2.32. The minimum atomic E-state index is -0.447. The summed E-state index contributed by atoms with van der Waals surface area (Å²) in [7, 11) is 0. The van der Waals surface area contributed by atoms with E-state index in [4.69, 9.17) is 4.74 Å². The van der Waals surface area contributed by atoms with E-state index in [-0.39, 0.29) is 29.8 Å². The molecule has 4 rings (SSSR count). The Labute approximate surface area is 190 Å². The summed E-state index contributed by atoms with van der Waals surface area (Å²) >= 11 is 0.839. The second-order valence-electron chi connectivity index (χ2n) is 7.70. The van der Waals surface area contributed by atoms with E-state index < -0.39 is 11.1 Å². The van der Waals surface area contributed by atoms with E-state index in [2.05, 4.69) is 0 Å². The van der Waals surface area contributed by atoms with Gasteiger partial charge in [-0.1, -0.05) is 24.3 Å². The number of likely N-dealkylation sites (tertiary alicyclic amines) is 1. The number of carbonyl (C=O) groups is 3. The van der Waals surface area contributed by atoms with E-state index in [1.54, 1.807) is 47.4 Å². The van der Waals surface area contributed by atoms with Crippen molar-refractivity contribution in [2.45, 2.75) is 25.9 Å². The Morgan fingerprint density at radius 2 is 1.81 bits per heavy atom. The molecule has 0 bridgehead atoms. The molecule has 2 aliphatic rings. The number of halogens is 1. The number of hydrogen-bond acceptors (Lipinski definition) is 5. The van der Waals surface area contributed by atoms with Crippen molar-refractivity contribution in [2.24, 2.45) is 0 Å². The van der Waals surface area contributed by atoms with Gasteiger partial charge in [0, 0.05) is 13.1 Å². The summed E-state index contributed by atoms with van der Waals surface area (Å²) in [6.07, 6.45) is 4.64. The molecular weight excluding hydrogens is 431 g/mol. The van der Waals surface area contributed by atoms with Crippen LogP contribution in [0.3, 0.4) is 0 Å². The van der Waals surface area contributed by atoms with Gasteiger partial charge < -0.3 is 9.64 Å². The van der Waals surface area contributed by atoms with E-state index in [9.17, 15) is 18.8 Å². The van der Waals surface area contributed by atoms with E-state index in [0.29, 0.717) is 18.8 Å².